The van der Waals surface area contributed by atoms with Gasteiger partial charge in [-0.3, -0.25) is 0 Å². The number of nitrogens with zero attached hydrogens (tertiary/aromatic N) is 4. The molecule has 2 aromatic heterocycles. The van der Waals surface area contributed by atoms with Crippen molar-refractivity contribution < 1.29 is 0 Å². The highest BCUT2D eigenvalue weighted by molar-refractivity contribution is 7.22. The summed E-state index contributed by atoms with van der Waals surface area (Å²) < 4.78 is 2.60. The SMILES string of the molecule is CCc1ccc2nc(N3CCN(c4nc5ccc(CC)cc5s4)CC3)sc2c1. The Balaban J connectivity index is 1.32. The van der Waals surface area contributed by atoms with Crippen LogP contribution in [-0.4, -0.2) is 36.1 Å². The quantitative estimate of drug-likeness (QED) is 0.455. The van der Waals surface area contributed by atoms with Gasteiger partial charge in [-0.05, 0) is 48.2 Å². The monoisotopic (exact) mass is 408 g/mol. The molecular weight excluding hydrogens is 384 g/mol. The molecule has 1 aliphatic heterocycles. The Hall–Kier alpha value is -2.18. The molecule has 2 aromatic carbocycles. The van der Waals surface area contributed by atoms with E-state index in [1.165, 1.54) is 20.5 Å². The fourth-order valence-electron chi connectivity index (χ4n) is 3.71. The number of hydrogen-bond donors (Lipinski definition) is 0. The van der Waals surface area contributed by atoms with E-state index in [4.69, 9.17) is 9.97 Å². The van der Waals surface area contributed by atoms with Gasteiger partial charge in [0.1, 0.15) is 0 Å². The van der Waals surface area contributed by atoms with Crippen molar-refractivity contribution >= 4 is 53.4 Å². The van der Waals surface area contributed by atoms with Gasteiger partial charge in [0.15, 0.2) is 10.3 Å². The molecule has 0 amide bonds. The largest absolute Gasteiger partial charge is 0.345 e. The number of benzene rings is 2. The Morgan fingerprint density at radius 1 is 0.714 bits per heavy atom. The fraction of sp³-hybridized carbons (Fsp3) is 0.364. The van der Waals surface area contributed by atoms with Crippen LogP contribution in [0.3, 0.4) is 0 Å². The number of fused-ring (bicyclic) bond motifs is 2. The highest BCUT2D eigenvalue weighted by atomic mass is 32.1. The summed E-state index contributed by atoms with van der Waals surface area (Å²) in [6.07, 6.45) is 2.15. The van der Waals surface area contributed by atoms with Gasteiger partial charge in [-0.2, -0.15) is 0 Å². The summed E-state index contributed by atoms with van der Waals surface area (Å²) >= 11 is 3.64. The van der Waals surface area contributed by atoms with Gasteiger partial charge in [0, 0.05) is 26.2 Å². The molecule has 144 valence electrons. The molecule has 0 unspecified atom stereocenters. The summed E-state index contributed by atoms with van der Waals surface area (Å²) in [5.41, 5.74) is 5.01. The zero-order valence-electron chi connectivity index (χ0n) is 16.3. The van der Waals surface area contributed by atoms with Crippen molar-refractivity contribution in [2.45, 2.75) is 26.7 Å². The Bertz CT molecular complexity index is 1030. The maximum Gasteiger partial charge on any atom is 0.186 e. The number of anilines is 2. The molecule has 0 atom stereocenters. The smallest absolute Gasteiger partial charge is 0.186 e. The normalized spacial score (nSPS) is 15.1. The van der Waals surface area contributed by atoms with Gasteiger partial charge in [0.05, 0.1) is 20.4 Å². The second-order valence-corrected chi connectivity index (χ2v) is 9.30. The zero-order valence-corrected chi connectivity index (χ0v) is 17.9. The Kier molecular flexibility index (Phi) is 4.69. The summed E-state index contributed by atoms with van der Waals surface area (Å²) in [6.45, 7) is 8.39. The van der Waals surface area contributed by atoms with E-state index in [9.17, 15) is 0 Å². The Labute approximate surface area is 173 Å². The van der Waals surface area contributed by atoms with Crippen molar-refractivity contribution in [1.82, 2.24) is 9.97 Å². The van der Waals surface area contributed by atoms with Gasteiger partial charge in [0.25, 0.3) is 0 Å². The second kappa shape index (κ2) is 7.33. The van der Waals surface area contributed by atoms with Crippen molar-refractivity contribution in [2.75, 3.05) is 36.0 Å². The first-order chi connectivity index (χ1) is 13.7. The van der Waals surface area contributed by atoms with Gasteiger partial charge < -0.3 is 9.80 Å². The first-order valence-corrected chi connectivity index (χ1v) is 11.7. The molecule has 0 N–H and O–H groups in total. The van der Waals surface area contributed by atoms with Crippen LogP contribution < -0.4 is 9.80 Å². The number of aromatic nitrogens is 2. The summed E-state index contributed by atoms with van der Waals surface area (Å²) in [5.74, 6) is 0. The van der Waals surface area contributed by atoms with E-state index in [2.05, 4.69) is 60.0 Å². The summed E-state index contributed by atoms with van der Waals surface area (Å²) in [6, 6.07) is 13.3. The molecule has 3 heterocycles. The highest BCUT2D eigenvalue weighted by Gasteiger charge is 2.22. The van der Waals surface area contributed by atoms with Crippen LogP contribution in [-0.2, 0) is 12.8 Å². The summed E-state index contributed by atoms with van der Waals surface area (Å²) in [5, 5.41) is 2.31. The highest BCUT2D eigenvalue weighted by Crippen LogP contribution is 2.33. The van der Waals surface area contributed by atoms with E-state index in [1.54, 1.807) is 0 Å². The third-order valence-electron chi connectivity index (χ3n) is 5.52. The number of rotatable bonds is 4. The van der Waals surface area contributed by atoms with Gasteiger partial charge in [-0.1, -0.05) is 48.7 Å². The predicted molar refractivity (Wildman–Crippen MR) is 122 cm³/mol. The molecule has 0 aliphatic carbocycles. The molecule has 6 heteroatoms. The van der Waals surface area contributed by atoms with Crippen LogP contribution in [0, 0.1) is 0 Å². The fourth-order valence-corrected chi connectivity index (χ4v) is 5.87. The van der Waals surface area contributed by atoms with Gasteiger partial charge in [-0.15, -0.1) is 0 Å². The topological polar surface area (TPSA) is 32.3 Å². The molecule has 1 aliphatic rings. The molecule has 28 heavy (non-hydrogen) atoms. The second-order valence-electron chi connectivity index (χ2n) is 7.28. The van der Waals surface area contributed by atoms with E-state index in [-0.39, 0.29) is 0 Å². The van der Waals surface area contributed by atoms with Crippen LogP contribution in [0.25, 0.3) is 20.4 Å². The molecule has 0 saturated carbocycles. The van der Waals surface area contributed by atoms with E-state index in [0.29, 0.717) is 0 Å². The van der Waals surface area contributed by atoms with Gasteiger partial charge in [0.2, 0.25) is 0 Å². The van der Waals surface area contributed by atoms with Crippen molar-refractivity contribution in [3.63, 3.8) is 0 Å². The average molecular weight is 409 g/mol. The van der Waals surface area contributed by atoms with Gasteiger partial charge in [-0.25, -0.2) is 9.97 Å². The number of hydrogen-bond acceptors (Lipinski definition) is 6. The zero-order chi connectivity index (χ0) is 19.1. The predicted octanol–water partition coefficient (Wildman–Crippen LogP) is 5.36. The van der Waals surface area contributed by atoms with Crippen molar-refractivity contribution in [3.8, 4) is 0 Å². The van der Waals surface area contributed by atoms with Crippen LogP contribution in [0.5, 0.6) is 0 Å². The van der Waals surface area contributed by atoms with Crippen LogP contribution in [0.1, 0.15) is 25.0 Å². The molecule has 4 nitrogen and oxygen atoms in total. The number of aryl methyl sites for hydroxylation is 2. The lowest BCUT2D eigenvalue weighted by Crippen LogP contribution is -2.46. The standard InChI is InChI=1S/C22H24N4S2/c1-3-15-5-7-17-19(13-15)27-21(23-17)25-9-11-26(12-10-25)22-24-18-8-6-16(4-2)14-20(18)28-22/h5-8,13-14H,3-4,9-12H2,1-2H3. The minimum absolute atomic E-state index is 0.997. The van der Waals surface area contributed by atoms with E-state index >= 15 is 0 Å². The van der Waals surface area contributed by atoms with Crippen molar-refractivity contribution in [2.24, 2.45) is 0 Å². The molecule has 0 bridgehead atoms. The number of piperazine rings is 1. The molecule has 5 rings (SSSR count). The lowest BCUT2D eigenvalue weighted by molar-refractivity contribution is 0.651. The van der Waals surface area contributed by atoms with Crippen LogP contribution >= 0.6 is 22.7 Å². The maximum absolute atomic E-state index is 4.88. The third-order valence-corrected chi connectivity index (χ3v) is 7.68. The van der Waals surface area contributed by atoms with Crippen molar-refractivity contribution in [1.29, 1.82) is 0 Å². The molecule has 1 fully saturated rings. The first-order valence-electron chi connectivity index (χ1n) is 10.0. The van der Waals surface area contributed by atoms with Crippen LogP contribution in [0.2, 0.25) is 0 Å². The average Bonchev–Trinajstić information content (AvgIpc) is 3.36. The minimum atomic E-state index is 0.997. The number of thiazole rings is 2. The van der Waals surface area contributed by atoms with Crippen LogP contribution in [0.15, 0.2) is 36.4 Å². The van der Waals surface area contributed by atoms with E-state index in [0.717, 1.165) is 60.3 Å². The third kappa shape index (κ3) is 3.25. The summed E-state index contributed by atoms with van der Waals surface area (Å²) in [4.78, 5) is 14.6. The molecule has 4 aromatic rings. The van der Waals surface area contributed by atoms with Crippen molar-refractivity contribution in [3.05, 3.63) is 47.5 Å². The molecule has 1 saturated heterocycles. The van der Waals surface area contributed by atoms with E-state index < -0.39 is 0 Å². The van der Waals surface area contributed by atoms with Crippen LogP contribution in [0.4, 0.5) is 10.3 Å². The maximum atomic E-state index is 4.88. The van der Waals surface area contributed by atoms with Gasteiger partial charge >= 0.3 is 0 Å². The van der Waals surface area contributed by atoms with E-state index in [1.807, 2.05) is 22.7 Å². The molecule has 0 spiro atoms. The lowest BCUT2D eigenvalue weighted by atomic mass is 10.2. The molecular formula is C22H24N4S2. The lowest BCUT2D eigenvalue weighted by Gasteiger charge is -2.34. The first kappa shape index (κ1) is 17.9. The molecule has 0 radical (unpaired) electrons. The Morgan fingerprint density at radius 3 is 1.54 bits per heavy atom. The minimum Gasteiger partial charge on any atom is -0.345 e. The Morgan fingerprint density at radius 2 is 1.14 bits per heavy atom. The summed E-state index contributed by atoms with van der Waals surface area (Å²) in [7, 11) is 0.